The zero-order valence-electron chi connectivity index (χ0n) is 15.3. The molecule has 0 aliphatic carbocycles. The monoisotopic (exact) mass is 407 g/mol. The number of nitrogens with two attached hydrogens (primary N) is 2. The van der Waals surface area contributed by atoms with Crippen LogP contribution in [0, 0.1) is 5.92 Å². The zero-order valence-corrected chi connectivity index (χ0v) is 17.0. The molecule has 0 spiro atoms. The summed E-state index contributed by atoms with van der Waals surface area (Å²) in [5.74, 6) is 0.0836. The molecule has 1 aromatic rings. The Kier molecular flexibility index (Phi) is 9.95. The van der Waals surface area contributed by atoms with Crippen molar-refractivity contribution in [1.29, 1.82) is 0 Å². The molecular weight excluding hydrogens is 377 g/mol. The molecule has 0 bridgehead atoms. The highest BCUT2D eigenvalue weighted by atomic mass is 32.2. The summed E-state index contributed by atoms with van der Waals surface area (Å²) in [5.41, 5.74) is 11.7. The highest BCUT2D eigenvalue weighted by Crippen LogP contribution is 2.29. The van der Waals surface area contributed by atoms with Crippen molar-refractivity contribution in [3.05, 3.63) is 24.3 Å². The Hall–Kier alpha value is -0.800. The summed E-state index contributed by atoms with van der Waals surface area (Å²) in [7, 11) is -6.34. The van der Waals surface area contributed by atoms with E-state index >= 15 is 0 Å². The average molecular weight is 407 g/mol. The minimum Gasteiger partial charge on any atom is -0.399 e. The topological polar surface area (TPSA) is 139 Å². The maximum Gasteiger partial charge on any atom is 0.327 e. The molecule has 0 saturated carbocycles. The number of unbranched alkanes of at least 4 members (excludes halogenated alkanes) is 1. The molecule has 150 valence electrons. The van der Waals surface area contributed by atoms with E-state index in [1.54, 1.807) is 12.1 Å². The molecule has 10 heteroatoms. The normalized spacial score (nSPS) is 13.7. The third-order valence-corrected chi connectivity index (χ3v) is 6.13. The molecule has 0 radical (unpaired) electrons. The summed E-state index contributed by atoms with van der Waals surface area (Å²) < 4.78 is 32.7. The van der Waals surface area contributed by atoms with E-state index in [-0.39, 0.29) is 24.0 Å². The molecule has 8 nitrogen and oxygen atoms in total. The highest BCUT2D eigenvalue weighted by molar-refractivity contribution is 7.89. The minimum absolute atomic E-state index is 0.0836. The predicted octanol–water partition coefficient (Wildman–Crippen LogP) is 1.64. The molecule has 1 rings (SSSR count). The summed E-state index contributed by atoms with van der Waals surface area (Å²) in [4.78, 5) is 18.3. The van der Waals surface area contributed by atoms with E-state index in [0.717, 1.165) is 6.42 Å². The van der Waals surface area contributed by atoms with Crippen molar-refractivity contribution < 1.29 is 22.7 Å². The molecule has 0 amide bonds. The molecule has 26 heavy (non-hydrogen) atoms. The van der Waals surface area contributed by atoms with Gasteiger partial charge in [0.1, 0.15) is 0 Å². The molecule has 1 unspecified atom stereocenters. The molecular formula is C16H30N3O5PS. The number of hydrogen-bond acceptors (Lipinski definition) is 7. The number of sulfonamides is 1. The van der Waals surface area contributed by atoms with Gasteiger partial charge in [0, 0.05) is 18.3 Å². The van der Waals surface area contributed by atoms with Crippen molar-refractivity contribution in [2.75, 3.05) is 25.4 Å². The van der Waals surface area contributed by atoms with E-state index in [4.69, 9.17) is 25.8 Å². The van der Waals surface area contributed by atoms with E-state index in [9.17, 15) is 8.42 Å². The third kappa shape index (κ3) is 7.44. The maximum absolute atomic E-state index is 13.2. The number of benzene rings is 1. The van der Waals surface area contributed by atoms with Crippen LogP contribution in [-0.2, 0) is 14.5 Å². The fraction of sp³-hybridized carbons (Fsp3) is 0.625. The zero-order chi connectivity index (χ0) is 19.7. The molecule has 6 N–H and O–H groups in total. The first-order valence-corrected chi connectivity index (χ1v) is 11.2. The molecule has 0 aromatic heterocycles. The van der Waals surface area contributed by atoms with Gasteiger partial charge in [0.15, 0.2) is 0 Å². The Morgan fingerprint density at radius 1 is 1.19 bits per heavy atom. The quantitative estimate of drug-likeness (QED) is 0.235. The van der Waals surface area contributed by atoms with Crippen molar-refractivity contribution in [3.63, 3.8) is 0 Å². The lowest BCUT2D eigenvalue weighted by atomic mass is 10.1. The smallest absolute Gasteiger partial charge is 0.327 e. The summed E-state index contributed by atoms with van der Waals surface area (Å²) in [6.45, 7) is 4.56. The lowest BCUT2D eigenvalue weighted by molar-refractivity contribution is 0.166. The van der Waals surface area contributed by atoms with Crippen molar-refractivity contribution in [1.82, 2.24) is 4.31 Å². The van der Waals surface area contributed by atoms with Gasteiger partial charge in [-0.1, -0.05) is 20.3 Å². The predicted molar refractivity (Wildman–Crippen MR) is 104 cm³/mol. The lowest BCUT2D eigenvalue weighted by Gasteiger charge is -2.32. The summed E-state index contributed by atoms with van der Waals surface area (Å²) >= 11 is 0. The minimum atomic E-state index is -3.79. The fourth-order valence-corrected chi connectivity index (χ4v) is 4.68. The number of rotatable bonds is 12. The first-order valence-electron chi connectivity index (χ1n) is 8.56. The van der Waals surface area contributed by atoms with Crippen molar-refractivity contribution in [2.45, 2.75) is 44.0 Å². The van der Waals surface area contributed by atoms with Crippen LogP contribution < -0.4 is 11.5 Å². The second kappa shape index (κ2) is 11.1. The van der Waals surface area contributed by atoms with E-state index in [0.29, 0.717) is 25.1 Å². The number of hydrogen-bond donors (Lipinski definition) is 4. The second-order valence-electron chi connectivity index (χ2n) is 6.52. The Morgan fingerprint density at radius 2 is 1.81 bits per heavy atom. The van der Waals surface area contributed by atoms with Gasteiger partial charge in [-0.3, -0.25) is 0 Å². The lowest BCUT2D eigenvalue weighted by Crippen LogP contribution is -2.44. The Balaban J connectivity index is 3.16. The third-order valence-electron chi connectivity index (χ3n) is 3.81. The van der Waals surface area contributed by atoms with E-state index < -0.39 is 24.7 Å². The summed E-state index contributed by atoms with van der Waals surface area (Å²) in [5, 5.41) is 0. The second-order valence-corrected chi connectivity index (χ2v) is 9.18. The van der Waals surface area contributed by atoms with Crippen LogP contribution >= 0.6 is 8.60 Å². The van der Waals surface area contributed by atoms with Gasteiger partial charge in [0.25, 0.3) is 0 Å². The number of anilines is 1. The van der Waals surface area contributed by atoms with Crippen molar-refractivity contribution >= 4 is 24.3 Å². The molecule has 0 aliphatic rings. The van der Waals surface area contributed by atoms with Crippen LogP contribution in [-0.4, -0.2) is 48.2 Å². The fourth-order valence-electron chi connectivity index (χ4n) is 2.57. The molecule has 0 heterocycles. The first-order chi connectivity index (χ1) is 12.2. The molecule has 0 aliphatic heterocycles. The van der Waals surface area contributed by atoms with Gasteiger partial charge in [0.05, 0.1) is 11.5 Å². The van der Waals surface area contributed by atoms with Gasteiger partial charge in [0.2, 0.25) is 10.0 Å². The van der Waals surface area contributed by atoms with Crippen molar-refractivity contribution in [2.24, 2.45) is 11.7 Å². The number of nitrogens with zero attached hydrogens (tertiary/aromatic N) is 1. The standard InChI is InChI=1S/C16H30N3O5PS/c1-13(2)11-19(15(5-3-4-10-17)12-24-25(20)21)26(22,23)16-8-6-14(18)7-9-16/h6-9,13,15,20-21H,3-5,10-12,17-18H2,1-2H3. The molecule has 0 saturated heterocycles. The van der Waals surface area contributed by atoms with Gasteiger partial charge in [-0.15, -0.1) is 0 Å². The average Bonchev–Trinajstić information content (AvgIpc) is 2.56. The van der Waals surface area contributed by atoms with Gasteiger partial charge in [-0.25, -0.2) is 8.42 Å². The molecule has 0 fully saturated rings. The van der Waals surface area contributed by atoms with Gasteiger partial charge >= 0.3 is 8.60 Å². The van der Waals surface area contributed by atoms with Gasteiger partial charge in [-0.05, 0) is 49.6 Å². The van der Waals surface area contributed by atoms with Gasteiger partial charge < -0.3 is 25.8 Å². The van der Waals surface area contributed by atoms with Crippen LogP contribution in [0.15, 0.2) is 29.2 Å². The SMILES string of the molecule is CC(C)CN(C(CCCCN)COP(O)O)S(=O)(=O)c1ccc(N)cc1. The maximum atomic E-state index is 13.2. The Bertz CT molecular complexity index is 625. The Labute approximate surface area is 157 Å². The van der Waals surface area contributed by atoms with Crippen LogP contribution in [0.25, 0.3) is 0 Å². The first kappa shape index (κ1) is 23.2. The van der Waals surface area contributed by atoms with Crippen LogP contribution in [0.3, 0.4) is 0 Å². The Morgan fingerprint density at radius 3 is 2.31 bits per heavy atom. The van der Waals surface area contributed by atoms with E-state index in [1.165, 1.54) is 16.4 Å². The molecule has 1 atom stereocenters. The van der Waals surface area contributed by atoms with Crippen molar-refractivity contribution in [3.8, 4) is 0 Å². The molecule has 1 aromatic carbocycles. The summed E-state index contributed by atoms with van der Waals surface area (Å²) in [6, 6.07) is 5.51. The van der Waals surface area contributed by atoms with Crippen LogP contribution in [0.4, 0.5) is 5.69 Å². The van der Waals surface area contributed by atoms with E-state index in [2.05, 4.69) is 0 Å². The van der Waals surface area contributed by atoms with Crippen LogP contribution in [0.1, 0.15) is 33.1 Å². The highest BCUT2D eigenvalue weighted by Gasteiger charge is 2.32. The largest absolute Gasteiger partial charge is 0.399 e. The number of nitrogen functional groups attached to an aromatic ring is 1. The van der Waals surface area contributed by atoms with Crippen LogP contribution in [0.5, 0.6) is 0 Å². The van der Waals surface area contributed by atoms with Gasteiger partial charge in [-0.2, -0.15) is 4.31 Å². The van der Waals surface area contributed by atoms with Crippen LogP contribution in [0.2, 0.25) is 0 Å². The summed E-state index contributed by atoms with van der Waals surface area (Å²) in [6.07, 6.45) is 1.98. The van der Waals surface area contributed by atoms with E-state index in [1.807, 2.05) is 13.8 Å².